The fourth-order valence-corrected chi connectivity index (χ4v) is 4.19. The topological polar surface area (TPSA) is 128 Å². The molecule has 0 N–H and O–H groups in total. The van der Waals surface area contributed by atoms with Crippen molar-refractivity contribution in [3.8, 4) is 17.1 Å². The van der Waals surface area contributed by atoms with Crippen LogP contribution in [0, 0.1) is 0 Å². The van der Waals surface area contributed by atoms with Crippen molar-refractivity contribution in [2.75, 3.05) is 0 Å². The minimum absolute atomic E-state index is 0.133. The molecule has 194 valence electrons. The van der Waals surface area contributed by atoms with Crippen LogP contribution in [0.4, 0.5) is 0 Å². The van der Waals surface area contributed by atoms with Crippen LogP contribution in [0.3, 0.4) is 0 Å². The fourth-order valence-electron chi connectivity index (χ4n) is 4.19. The Kier molecular flexibility index (Phi) is 7.58. The smallest absolute Gasteiger partial charge is 0.303 e. The average Bonchev–Trinajstić information content (AvgIpc) is 2.85. The lowest BCUT2D eigenvalue weighted by molar-refractivity contribution is -0.280. The first-order valence-corrected chi connectivity index (χ1v) is 11.6. The van der Waals surface area contributed by atoms with Crippen LogP contribution in [-0.4, -0.2) is 48.6 Å². The molecular formula is C27H26O10. The summed E-state index contributed by atoms with van der Waals surface area (Å²) >= 11 is 0. The molecule has 0 aliphatic carbocycles. The van der Waals surface area contributed by atoms with Crippen molar-refractivity contribution in [1.29, 1.82) is 0 Å². The Bertz CT molecular complexity index is 1360. The standard InChI is InChI=1S/C27H26O10/c1-14-22(33-15(2)28)25(34-16(3)29)26(35-17(4)30)27(32-14)37-24-21(31)19-12-8-9-13-20(19)36-23(24)18-10-6-5-7-11-18/h5-14,22,25-27H,1-4H3/t14-,22-,25+,26+,27-/m0/s1. The van der Waals surface area contributed by atoms with Crippen molar-refractivity contribution in [1.82, 2.24) is 0 Å². The van der Waals surface area contributed by atoms with Crippen LogP contribution in [0.1, 0.15) is 27.7 Å². The van der Waals surface area contributed by atoms with Crippen molar-refractivity contribution in [3.05, 3.63) is 64.8 Å². The van der Waals surface area contributed by atoms with Gasteiger partial charge in [0.15, 0.2) is 18.0 Å². The van der Waals surface area contributed by atoms with Crippen LogP contribution in [-0.2, 0) is 33.3 Å². The maximum atomic E-state index is 13.6. The number of para-hydroxylation sites is 1. The Morgan fingerprint density at radius 1 is 0.757 bits per heavy atom. The van der Waals surface area contributed by atoms with Crippen LogP contribution in [0.15, 0.2) is 63.8 Å². The summed E-state index contributed by atoms with van der Waals surface area (Å²) in [5, 5.41) is 0.263. The minimum atomic E-state index is -1.42. The van der Waals surface area contributed by atoms with Gasteiger partial charge < -0.3 is 28.1 Å². The lowest BCUT2D eigenvalue weighted by Crippen LogP contribution is -2.62. The molecule has 0 unspecified atom stereocenters. The van der Waals surface area contributed by atoms with Crippen LogP contribution >= 0.6 is 0 Å². The molecule has 0 bridgehead atoms. The lowest BCUT2D eigenvalue weighted by Gasteiger charge is -2.43. The summed E-state index contributed by atoms with van der Waals surface area (Å²) in [4.78, 5) is 49.3. The number of esters is 3. The Morgan fingerprint density at radius 2 is 1.32 bits per heavy atom. The van der Waals surface area contributed by atoms with Gasteiger partial charge in [0.2, 0.25) is 23.6 Å². The van der Waals surface area contributed by atoms with E-state index in [1.54, 1.807) is 55.5 Å². The van der Waals surface area contributed by atoms with Crippen LogP contribution in [0.2, 0.25) is 0 Å². The summed E-state index contributed by atoms with van der Waals surface area (Å²) in [6.45, 7) is 5.08. The van der Waals surface area contributed by atoms with Gasteiger partial charge in [0.05, 0.1) is 11.5 Å². The Morgan fingerprint density at radius 3 is 1.97 bits per heavy atom. The number of carbonyl (C=O) groups excluding carboxylic acids is 3. The quantitative estimate of drug-likeness (QED) is 0.360. The zero-order valence-corrected chi connectivity index (χ0v) is 20.7. The molecule has 4 rings (SSSR count). The number of rotatable bonds is 6. The maximum absolute atomic E-state index is 13.6. The van der Waals surface area contributed by atoms with E-state index in [4.69, 9.17) is 28.1 Å². The van der Waals surface area contributed by atoms with Crippen LogP contribution in [0.25, 0.3) is 22.3 Å². The van der Waals surface area contributed by atoms with Crippen LogP contribution < -0.4 is 10.2 Å². The summed E-state index contributed by atoms with van der Waals surface area (Å²) in [6, 6.07) is 15.5. The van der Waals surface area contributed by atoms with E-state index in [1.165, 1.54) is 6.92 Å². The van der Waals surface area contributed by atoms with Gasteiger partial charge in [-0.25, -0.2) is 0 Å². The van der Waals surface area contributed by atoms with E-state index >= 15 is 0 Å². The summed E-state index contributed by atoms with van der Waals surface area (Å²) in [5.74, 6) is -2.15. The molecule has 2 aromatic carbocycles. The largest absolute Gasteiger partial charge is 0.456 e. The first-order valence-electron chi connectivity index (χ1n) is 11.6. The molecule has 1 aromatic heterocycles. The molecule has 37 heavy (non-hydrogen) atoms. The van der Waals surface area contributed by atoms with Gasteiger partial charge in [-0.05, 0) is 19.1 Å². The molecule has 1 aliphatic rings. The number of hydrogen-bond acceptors (Lipinski definition) is 10. The van der Waals surface area contributed by atoms with Gasteiger partial charge in [0, 0.05) is 26.3 Å². The minimum Gasteiger partial charge on any atom is -0.456 e. The highest BCUT2D eigenvalue weighted by Crippen LogP contribution is 2.35. The van der Waals surface area contributed by atoms with Gasteiger partial charge in [0.1, 0.15) is 5.58 Å². The third-order valence-corrected chi connectivity index (χ3v) is 5.66. The maximum Gasteiger partial charge on any atom is 0.303 e. The molecule has 5 atom stereocenters. The fraction of sp³-hybridized carbons (Fsp3) is 0.333. The van der Waals surface area contributed by atoms with Crippen molar-refractivity contribution in [2.45, 2.75) is 58.4 Å². The molecule has 0 radical (unpaired) electrons. The van der Waals surface area contributed by atoms with Crippen molar-refractivity contribution >= 4 is 28.9 Å². The normalized spacial score (nSPS) is 23.2. The van der Waals surface area contributed by atoms with E-state index in [2.05, 4.69) is 0 Å². The predicted octanol–water partition coefficient (Wildman–Crippen LogP) is 3.38. The van der Waals surface area contributed by atoms with Gasteiger partial charge >= 0.3 is 17.9 Å². The molecule has 1 fully saturated rings. The molecule has 3 aromatic rings. The van der Waals surface area contributed by atoms with Crippen molar-refractivity contribution < 1.29 is 42.5 Å². The highest BCUT2D eigenvalue weighted by molar-refractivity contribution is 5.82. The first-order chi connectivity index (χ1) is 17.7. The molecule has 10 heteroatoms. The average molecular weight is 510 g/mol. The van der Waals surface area contributed by atoms with Gasteiger partial charge in [-0.15, -0.1) is 0 Å². The second-order valence-corrected chi connectivity index (χ2v) is 8.50. The van der Waals surface area contributed by atoms with Gasteiger partial charge in [-0.2, -0.15) is 0 Å². The second-order valence-electron chi connectivity index (χ2n) is 8.50. The SMILES string of the molecule is CC(=O)O[C@@H]1[C@@H](OC(C)=O)[C@H](C)O[C@@H](Oc2c(-c3ccccc3)oc3ccccc3c2=O)[C@@H]1OC(C)=O. The molecular weight excluding hydrogens is 484 g/mol. The molecule has 2 heterocycles. The first kappa shape index (κ1) is 25.9. The summed E-state index contributed by atoms with van der Waals surface area (Å²) in [5.41, 5.74) is 0.424. The van der Waals surface area contributed by atoms with E-state index in [-0.39, 0.29) is 16.9 Å². The molecule has 1 aliphatic heterocycles. The van der Waals surface area contributed by atoms with E-state index in [0.29, 0.717) is 11.1 Å². The Hall–Kier alpha value is -4.18. The summed E-state index contributed by atoms with van der Waals surface area (Å²) in [6.07, 6.45) is -6.03. The molecule has 0 amide bonds. The van der Waals surface area contributed by atoms with E-state index < -0.39 is 54.0 Å². The van der Waals surface area contributed by atoms with Crippen LogP contribution in [0.5, 0.6) is 5.75 Å². The number of ether oxygens (including phenoxy) is 5. The predicted molar refractivity (Wildman–Crippen MR) is 130 cm³/mol. The van der Waals surface area contributed by atoms with Gasteiger partial charge in [-0.1, -0.05) is 42.5 Å². The van der Waals surface area contributed by atoms with E-state index in [9.17, 15) is 19.2 Å². The summed E-state index contributed by atoms with van der Waals surface area (Å²) < 4.78 is 34.3. The second kappa shape index (κ2) is 10.8. The lowest BCUT2D eigenvalue weighted by atomic mass is 9.98. The highest BCUT2D eigenvalue weighted by atomic mass is 16.7. The van der Waals surface area contributed by atoms with Gasteiger partial charge in [0.25, 0.3) is 0 Å². The van der Waals surface area contributed by atoms with E-state index in [0.717, 1.165) is 13.8 Å². The number of hydrogen-bond donors (Lipinski definition) is 0. The molecule has 0 spiro atoms. The number of fused-ring (bicyclic) bond motifs is 1. The zero-order valence-electron chi connectivity index (χ0n) is 20.7. The number of benzene rings is 2. The third kappa shape index (κ3) is 5.64. The zero-order chi connectivity index (χ0) is 26.7. The highest BCUT2D eigenvalue weighted by Gasteiger charge is 2.52. The summed E-state index contributed by atoms with van der Waals surface area (Å²) in [7, 11) is 0. The van der Waals surface area contributed by atoms with E-state index in [1.807, 2.05) is 6.07 Å². The molecule has 1 saturated heterocycles. The monoisotopic (exact) mass is 510 g/mol. The Labute approximate surface area is 212 Å². The molecule has 0 saturated carbocycles. The number of carbonyl (C=O) groups is 3. The van der Waals surface area contributed by atoms with Crippen molar-refractivity contribution in [2.24, 2.45) is 0 Å². The van der Waals surface area contributed by atoms with Crippen molar-refractivity contribution in [3.63, 3.8) is 0 Å². The third-order valence-electron chi connectivity index (χ3n) is 5.66. The van der Waals surface area contributed by atoms with Gasteiger partial charge in [-0.3, -0.25) is 19.2 Å². The molecule has 10 nitrogen and oxygen atoms in total. The Balaban J connectivity index is 1.83.